The Morgan fingerprint density at radius 2 is 1.83 bits per heavy atom. The number of hydrogen-bond acceptors (Lipinski definition) is 6. The third kappa shape index (κ3) is 5.29. The molecule has 0 aliphatic carbocycles. The lowest BCUT2D eigenvalue weighted by atomic mass is 10.1. The van der Waals surface area contributed by atoms with Gasteiger partial charge in [-0.3, -0.25) is 10.1 Å². The van der Waals surface area contributed by atoms with E-state index in [2.05, 4.69) is 15.6 Å². The monoisotopic (exact) mass is 393 g/mol. The van der Waals surface area contributed by atoms with Gasteiger partial charge in [0.05, 0.1) is 0 Å². The van der Waals surface area contributed by atoms with E-state index >= 15 is 0 Å². The number of rotatable bonds is 6. The van der Waals surface area contributed by atoms with Crippen molar-refractivity contribution < 1.29 is 23.5 Å². The maximum atomic E-state index is 12.5. The van der Waals surface area contributed by atoms with Crippen LogP contribution in [0.4, 0.5) is 4.79 Å². The molecule has 2 N–H and O–H groups in total. The lowest BCUT2D eigenvalue weighted by Crippen LogP contribution is -2.42. The van der Waals surface area contributed by atoms with Gasteiger partial charge >= 0.3 is 12.0 Å². The third-order valence-corrected chi connectivity index (χ3v) is 3.82. The van der Waals surface area contributed by atoms with Crippen LogP contribution in [0, 0.1) is 0 Å². The Morgan fingerprint density at radius 3 is 2.55 bits per heavy atom. The number of benzene rings is 2. The standard InChI is InChI=1S/C21H19N3O5/c1-2-22-21(27)24-20(26)19(14-8-4-3-5-9-14)29-18(25)13-12-17-23-15-10-6-7-11-16(15)28-17/h3-13,19H,2H2,1H3,(H2,22,24,26,27)/b13-12+/t19-/m1/s1. The maximum absolute atomic E-state index is 12.5. The van der Waals surface area contributed by atoms with Crippen LogP contribution in [-0.4, -0.2) is 29.4 Å². The summed E-state index contributed by atoms with van der Waals surface area (Å²) in [6.45, 7) is 2.07. The molecule has 0 radical (unpaired) electrons. The number of fused-ring (bicyclic) bond motifs is 1. The van der Waals surface area contributed by atoms with Gasteiger partial charge in [0.2, 0.25) is 12.0 Å². The Morgan fingerprint density at radius 1 is 1.10 bits per heavy atom. The Labute approximate surface area is 166 Å². The average molecular weight is 393 g/mol. The molecule has 0 saturated heterocycles. The number of ether oxygens (including phenoxy) is 1. The molecule has 2 aromatic carbocycles. The number of aromatic nitrogens is 1. The lowest BCUT2D eigenvalue weighted by Gasteiger charge is -2.16. The number of oxazole rings is 1. The van der Waals surface area contributed by atoms with Crippen molar-refractivity contribution in [2.75, 3.05) is 6.54 Å². The van der Waals surface area contributed by atoms with Crippen LogP contribution in [0.5, 0.6) is 0 Å². The number of imide groups is 1. The molecule has 0 aliphatic rings. The summed E-state index contributed by atoms with van der Waals surface area (Å²) in [4.78, 5) is 40.6. The summed E-state index contributed by atoms with van der Waals surface area (Å²) in [5, 5.41) is 4.60. The number of para-hydroxylation sites is 2. The largest absolute Gasteiger partial charge is 0.444 e. The van der Waals surface area contributed by atoms with Gasteiger partial charge in [0, 0.05) is 24.3 Å². The van der Waals surface area contributed by atoms with Crippen molar-refractivity contribution >= 4 is 35.1 Å². The van der Waals surface area contributed by atoms with Gasteiger partial charge in [-0.05, 0) is 19.1 Å². The predicted octanol–water partition coefficient (Wildman–Crippen LogP) is 2.97. The van der Waals surface area contributed by atoms with E-state index in [4.69, 9.17) is 9.15 Å². The molecule has 3 aromatic rings. The topological polar surface area (TPSA) is 111 Å². The molecule has 3 amide bonds. The van der Waals surface area contributed by atoms with Crippen molar-refractivity contribution in [1.82, 2.24) is 15.6 Å². The van der Waals surface area contributed by atoms with Crippen molar-refractivity contribution in [2.45, 2.75) is 13.0 Å². The summed E-state index contributed by atoms with van der Waals surface area (Å²) < 4.78 is 10.8. The van der Waals surface area contributed by atoms with Crippen LogP contribution in [0.25, 0.3) is 17.2 Å². The summed E-state index contributed by atoms with van der Waals surface area (Å²) in [6.07, 6.45) is 1.17. The van der Waals surface area contributed by atoms with Gasteiger partial charge in [-0.1, -0.05) is 42.5 Å². The molecule has 1 atom stereocenters. The number of esters is 1. The van der Waals surface area contributed by atoms with E-state index in [1.54, 1.807) is 49.4 Å². The van der Waals surface area contributed by atoms with Gasteiger partial charge in [-0.25, -0.2) is 14.6 Å². The quantitative estimate of drug-likeness (QED) is 0.492. The SMILES string of the molecule is CCNC(=O)NC(=O)[C@H](OC(=O)/C=C/c1nc2ccccc2o1)c1ccccc1. The van der Waals surface area contributed by atoms with E-state index in [9.17, 15) is 14.4 Å². The molecule has 29 heavy (non-hydrogen) atoms. The molecule has 0 aliphatic heterocycles. The number of carbonyl (C=O) groups is 3. The molecule has 8 heteroatoms. The van der Waals surface area contributed by atoms with Gasteiger partial charge in [-0.15, -0.1) is 0 Å². The molecule has 1 heterocycles. The number of nitrogens with zero attached hydrogens (tertiary/aromatic N) is 1. The van der Waals surface area contributed by atoms with Crippen molar-refractivity contribution in [3.63, 3.8) is 0 Å². The molecule has 1 aromatic heterocycles. The second kappa shape index (κ2) is 9.32. The Bertz CT molecular complexity index is 1010. The summed E-state index contributed by atoms with van der Waals surface area (Å²) in [5.41, 5.74) is 1.67. The first-order valence-corrected chi connectivity index (χ1v) is 8.94. The van der Waals surface area contributed by atoms with Gasteiger partial charge in [0.15, 0.2) is 5.58 Å². The van der Waals surface area contributed by atoms with Crippen LogP contribution in [0.3, 0.4) is 0 Å². The minimum Gasteiger partial charge on any atom is -0.444 e. The Balaban J connectivity index is 1.73. The van der Waals surface area contributed by atoms with Crippen molar-refractivity contribution in [2.24, 2.45) is 0 Å². The molecule has 0 fully saturated rings. The first kappa shape index (κ1) is 19.8. The fraction of sp³-hybridized carbons (Fsp3) is 0.143. The second-order valence-electron chi connectivity index (χ2n) is 5.93. The van der Waals surface area contributed by atoms with Crippen molar-refractivity contribution in [3.8, 4) is 0 Å². The highest BCUT2D eigenvalue weighted by atomic mass is 16.5. The number of nitrogens with one attached hydrogen (secondary N) is 2. The van der Waals surface area contributed by atoms with Crippen LogP contribution < -0.4 is 10.6 Å². The average Bonchev–Trinajstić information content (AvgIpc) is 3.14. The zero-order chi connectivity index (χ0) is 20.6. The summed E-state index contributed by atoms with van der Waals surface area (Å²) >= 11 is 0. The number of urea groups is 1. The van der Waals surface area contributed by atoms with Gasteiger partial charge in [-0.2, -0.15) is 0 Å². The van der Waals surface area contributed by atoms with Gasteiger partial charge in [0.1, 0.15) is 5.52 Å². The summed E-state index contributed by atoms with van der Waals surface area (Å²) in [5.74, 6) is -1.32. The highest BCUT2D eigenvalue weighted by Crippen LogP contribution is 2.19. The van der Waals surface area contributed by atoms with E-state index in [0.29, 0.717) is 23.2 Å². The molecule has 0 saturated carbocycles. The summed E-state index contributed by atoms with van der Waals surface area (Å²) in [7, 11) is 0. The highest BCUT2D eigenvalue weighted by Gasteiger charge is 2.25. The van der Waals surface area contributed by atoms with Gasteiger partial charge in [0.25, 0.3) is 5.91 Å². The maximum Gasteiger partial charge on any atom is 0.332 e. The van der Waals surface area contributed by atoms with Gasteiger partial charge < -0.3 is 14.5 Å². The normalized spacial score (nSPS) is 11.9. The molecule has 0 spiro atoms. The second-order valence-corrected chi connectivity index (χ2v) is 5.93. The van der Waals surface area contributed by atoms with Crippen LogP contribution in [0.15, 0.2) is 65.1 Å². The minimum absolute atomic E-state index is 0.228. The first-order valence-electron chi connectivity index (χ1n) is 8.94. The molecule has 0 bridgehead atoms. The fourth-order valence-electron chi connectivity index (χ4n) is 2.54. The fourth-order valence-corrected chi connectivity index (χ4v) is 2.54. The van der Waals surface area contributed by atoms with E-state index < -0.39 is 24.0 Å². The molecular formula is C21H19N3O5. The lowest BCUT2D eigenvalue weighted by molar-refractivity contribution is -0.151. The molecule has 8 nitrogen and oxygen atoms in total. The third-order valence-electron chi connectivity index (χ3n) is 3.82. The zero-order valence-corrected chi connectivity index (χ0v) is 15.6. The molecule has 3 rings (SSSR count). The first-order chi connectivity index (χ1) is 14.1. The van der Waals surface area contributed by atoms with E-state index in [0.717, 1.165) is 6.08 Å². The molecule has 148 valence electrons. The van der Waals surface area contributed by atoms with E-state index in [1.165, 1.54) is 6.08 Å². The van der Waals surface area contributed by atoms with Crippen LogP contribution in [-0.2, 0) is 14.3 Å². The van der Waals surface area contributed by atoms with Crippen LogP contribution in [0.2, 0.25) is 0 Å². The summed E-state index contributed by atoms with van der Waals surface area (Å²) in [6, 6.07) is 14.9. The van der Waals surface area contributed by atoms with E-state index in [1.807, 2.05) is 12.1 Å². The number of hydrogen-bond donors (Lipinski definition) is 2. The minimum atomic E-state index is -1.29. The van der Waals surface area contributed by atoms with Crippen molar-refractivity contribution in [1.29, 1.82) is 0 Å². The predicted molar refractivity (Wildman–Crippen MR) is 106 cm³/mol. The smallest absolute Gasteiger partial charge is 0.332 e. The number of amides is 3. The van der Waals surface area contributed by atoms with Crippen LogP contribution in [0.1, 0.15) is 24.5 Å². The molecular weight excluding hydrogens is 374 g/mol. The highest BCUT2D eigenvalue weighted by molar-refractivity contribution is 5.98. The zero-order valence-electron chi connectivity index (χ0n) is 15.6. The Kier molecular flexibility index (Phi) is 6.36. The number of carbonyl (C=O) groups excluding carboxylic acids is 3. The Hall–Kier alpha value is -3.94. The van der Waals surface area contributed by atoms with Crippen LogP contribution >= 0.6 is 0 Å². The van der Waals surface area contributed by atoms with E-state index in [-0.39, 0.29) is 5.89 Å². The van der Waals surface area contributed by atoms with Crippen molar-refractivity contribution in [3.05, 3.63) is 72.1 Å². The molecule has 0 unspecified atom stereocenters.